The van der Waals surface area contributed by atoms with Crippen LogP contribution in [0.1, 0.15) is 37.0 Å². The highest BCUT2D eigenvalue weighted by molar-refractivity contribution is 9.10. The Labute approximate surface area is 242 Å². The number of rotatable bonds is 12. The zero-order valence-corrected chi connectivity index (χ0v) is 24.8. The molecule has 0 saturated heterocycles. The summed E-state index contributed by atoms with van der Waals surface area (Å²) in [6, 6.07) is 22.3. The Bertz CT molecular complexity index is 1160. The van der Waals surface area contributed by atoms with Gasteiger partial charge in [-0.2, -0.15) is 0 Å². The summed E-state index contributed by atoms with van der Waals surface area (Å²) in [5.74, 6) is 0.577. The van der Waals surface area contributed by atoms with Crippen molar-refractivity contribution in [3.8, 4) is 0 Å². The van der Waals surface area contributed by atoms with Gasteiger partial charge >= 0.3 is 0 Å². The molecule has 0 saturated carbocycles. The third-order valence-electron chi connectivity index (χ3n) is 6.07. The molecule has 0 aliphatic rings. The van der Waals surface area contributed by atoms with E-state index in [1.165, 1.54) is 11.8 Å². The Morgan fingerprint density at radius 3 is 2.22 bits per heavy atom. The minimum Gasteiger partial charge on any atom is -0.352 e. The van der Waals surface area contributed by atoms with Crippen LogP contribution in [0.3, 0.4) is 0 Å². The number of nitrogens with one attached hydrogen (secondary N) is 1. The quantitative estimate of drug-likeness (QED) is 0.227. The fourth-order valence-corrected chi connectivity index (χ4v) is 5.42. The molecule has 1 N–H and O–H groups in total. The maximum atomic E-state index is 13.7. The van der Waals surface area contributed by atoms with Crippen molar-refractivity contribution in [2.45, 2.75) is 51.1 Å². The lowest BCUT2D eigenvalue weighted by molar-refractivity contribution is -0.139. The molecular weight excluding hydrogens is 591 g/mol. The molecule has 4 nitrogen and oxygen atoms in total. The first-order valence-electron chi connectivity index (χ1n) is 12.2. The summed E-state index contributed by atoms with van der Waals surface area (Å²) in [5, 5.41) is 4.01. The van der Waals surface area contributed by atoms with Crippen molar-refractivity contribution in [2.24, 2.45) is 0 Å². The van der Waals surface area contributed by atoms with Crippen LogP contribution in [0.4, 0.5) is 0 Å². The van der Waals surface area contributed by atoms with Crippen LogP contribution in [0.2, 0.25) is 10.0 Å². The first kappa shape index (κ1) is 29.6. The summed E-state index contributed by atoms with van der Waals surface area (Å²) < 4.78 is 1.01. The van der Waals surface area contributed by atoms with E-state index in [-0.39, 0.29) is 30.2 Å². The van der Waals surface area contributed by atoms with E-state index < -0.39 is 6.04 Å². The molecule has 3 aromatic carbocycles. The molecule has 37 heavy (non-hydrogen) atoms. The van der Waals surface area contributed by atoms with E-state index in [0.29, 0.717) is 27.8 Å². The van der Waals surface area contributed by atoms with Crippen molar-refractivity contribution in [3.63, 3.8) is 0 Å². The Kier molecular flexibility index (Phi) is 11.8. The Morgan fingerprint density at radius 1 is 0.946 bits per heavy atom. The number of hydrogen-bond donors (Lipinski definition) is 1. The molecule has 0 radical (unpaired) electrons. The van der Waals surface area contributed by atoms with Crippen molar-refractivity contribution in [1.82, 2.24) is 10.2 Å². The lowest BCUT2D eigenvalue weighted by atomic mass is 10.0. The molecule has 2 atom stereocenters. The predicted octanol–water partition coefficient (Wildman–Crippen LogP) is 7.54. The summed E-state index contributed by atoms with van der Waals surface area (Å²) >= 11 is 18.0. The normalized spacial score (nSPS) is 12.6. The topological polar surface area (TPSA) is 49.4 Å². The van der Waals surface area contributed by atoms with Gasteiger partial charge in [0.1, 0.15) is 6.04 Å². The standard InChI is InChI=1S/C29H31BrCl2N2O2S/c1-3-20(2)33-29(36)27(16-21-8-5-4-6-9-21)34(17-24-25(31)10-7-11-26(24)32)28(35)19-37-18-22-12-14-23(30)15-13-22/h4-15,20,27H,3,16-19H2,1-2H3,(H,33,36)/t20-,27+/m1/s1. The molecule has 0 unspecified atom stereocenters. The third kappa shape index (κ3) is 9.06. The molecule has 3 rings (SSSR count). The van der Waals surface area contributed by atoms with Crippen LogP contribution in [0.5, 0.6) is 0 Å². The lowest BCUT2D eigenvalue weighted by Gasteiger charge is -2.32. The van der Waals surface area contributed by atoms with Crippen molar-refractivity contribution in [3.05, 3.63) is 104 Å². The van der Waals surface area contributed by atoms with Crippen LogP contribution < -0.4 is 5.32 Å². The Hall–Kier alpha value is -1.99. The van der Waals surface area contributed by atoms with E-state index in [9.17, 15) is 9.59 Å². The number of nitrogens with zero attached hydrogens (tertiary/aromatic N) is 1. The molecule has 0 aromatic heterocycles. The second-order valence-corrected chi connectivity index (χ2v) is 11.6. The molecule has 3 aromatic rings. The van der Waals surface area contributed by atoms with Gasteiger partial charge < -0.3 is 10.2 Å². The van der Waals surface area contributed by atoms with Crippen LogP contribution in [0, 0.1) is 0 Å². The number of benzene rings is 3. The SMILES string of the molecule is CC[C@@H](C)NC(=O)[C@H](Cc1ccccc1)N(Cc1c(Cl)cccc1Cl)C(=O)CSCc1ccc(Br)cc1. The smallest absolute Gasteiger partial charge is 0.243 e. The summed E-state index contributed by atoms with van der Waals surface area (Å²) in [7, 11) is 0. The fraction of sp³-hybridized carbons (Fsp3) is 0.310. The van der Waals surface area contributed by atoms with E-state index >= 15 is 0 Å². The number of halogens is 3. The summed E-state index contributed by atoms with van der Waals surface area (Å²) in [5.41, 5.74) is 2.72. The fourth-order valence-electron chi connectivity index (χ4n) is 3.77. The average Bonchev–Trinajstić information content (AvgIpc) is 2.89. The third-order valence-corrected chi connectivity index (χ3v) is 8.30. The van der Waals surface area contributed by atoms with Gasteiger partial charge in [0.15, 0.2) is 0 Å². The Morgan fingerprint density at radius 2 is 1.59 bits per heavy atom. The minimum absolute atomic E-state index is 0.0154. The van der Waals surface area contributed by atoms with Crippen LogP contribution in [-0.2, 0) is 28.3 Å². The monoisotopic (exact) mass is 620 g/mol. The maximum Gasteiger partial charge on any atom is 0.243 e. The molecule has 0 heterocycles. The molecule has 0 spiro atoms. The zero-order chi connectivity index (χ0) is 26.8. The Balaban J connectivity index is 1.90. The van der Waals surface area contributed by atoms with E-state index in [0.717, 1.165) is 22.0 Å². The number of carbonyl (C=O) groups excluding carboxylic acids is 2. The van der Waals surface area contributed by atoms with Crippen LogP contribution >= 0.6 is 50.9 Å². The zero-order valence-electron chi connectivity index (χ0n) is 20.9. The molecule has 0 aliphatic heterocycles. The van der Waals surface area contributed by atoms with Crippen LogP contribution in [-0.4, -0.2) is 34.6 Å². The summed E-state index contributed by atoms with van der Waals surface area (Å²) in [6.45, 7) is 4.12. The number of carbonyl (C=O) groups is 2. The van der Waals surface area contributed by atoms with E-state index in [2.05, 4.69) is 21.2 Å². The highest BCUT2D eigenvalue weighted by Gasteiger charge is 2.31. The first-order chi connectivity index (χ1) is 17.8. The first-order valence-corrected chi connectivity index (χ1v) is 14.9. The molecule has 2 amide bonds. The molecule has 0 fully saturated rings. The van der Waals surface area contributed by atoms with Crippen LogP contribution in [0.15, 0.2) is 77.3 Å². The lowest BCUT2D eigenvalue weighted by Crippen LogP contribution is -2.52. The summed E-state index contributed by atoms with van der Waals surface area (Å²) in [6.07, 6.45) is 1.17. The van der Waals surface area contributed by atoms with E-state index in [1.807, 2.05) is 68.4 Å². The molecule has 0 aliphatic carbocycles. The molecule has 196 valence electrons. The van der Waals surface area contributed by atoms with Gasteiger partial charge in [0.25, 0.3) is 0 Å². The van der Waals surface area contributed by atoms with Crippen LogP contribution in [0.25, 0.3) is 0 Å². The van der Waals surface area contributed by atoms with Gasteiger partial charge in [-0.25, -0.2) is 0 Å². The second kappa shape index (κ2) is 14.8. The minimum atomic E-state index is -0.718. The van der Waals surface area contributed by atoms with Crippen molar-refractivity contribution < 1.29 is 9.59 Å². The van der Waals surface area contributed by atoms with Gasteiger partial charge in [-0.05, 0) is 48.7 Å². The van der Waals surface area contributed by atoms with Gasteiger partial charge in [0, 0.05) is 44.8 Å². The molecule has 8 heteroatoms. The van der Waals surface area contributed by atoms with Crippen molar-refractivity contribution in [2.75, 3.05) is 5.75 Å². The average molecular weight is 622 g/mol. The predicted molar refractivity (Wildman–Crippen MR) is 159 cm³/mol. The largest absolute Gasteiger partial charge is 0.352 e. The second-order valence-electron chi connectivity index (χ2n) is 8.86. The van der Waals surface area contributed by atoms with Gasteiger partial charge in [-0.1, -0.05) is 94.6 Å². The van der Waals surface area contributed by atoms with Gasteiger partial charge in [-0.3, -0.25) is 9.59 Å². The van der Waals surface area contributed by atoms with E-state index in [1.54, 1.807) is 23.1 Å². The highest BCUT2D eigenvalue weighted by atomic mass is 79.9. The maximum absolute atomic E-state index is 13.7. The van der Waals surface area contributed by atoms with Crippen molar-refractivity contribution in [1.29, 1.82) is 0 Å². The van der Waals surface area contributed by atoms with Crippen molar-refractivity contribution >= 4 is 62.7 Å². The van der Waals surface area contributed by atoms with Gasteiger partial charge in [0.2, 0.25) is 11.8 Å². The number of amides is 2. The highest BCUT2D eigenvalue weighted by Crippen LogP contribution is 2.28. The van der Waals surface area contributed by atoms with Gasteiger partial charge in [-0.15, -0.1) is 11.8 Å². The molecular formula is C29H31BrCl2N2O2S. The van der Waals surface area contributed by atoms with Gasteiger partial charge in [0.05, 0.1) is 5.75 Å². The van der Waals surface area contributed by atoms with E-state index in [4.69, 9.17) is 23.2 Å². The number of hydrogen-bond acceptors (Lipinski definition) is 3. The molecule has 0 bridgehead atoms. The summed E-state index contributed by atoms with van der Waals surface area (Å²) in [4.78, 5) is 28.9. The number of thioether (sulfide) groups is 1.